The minimum Gasteiger partial charge on any atom is -0.504 e. The Morgan fingerprint density at radius 3 is 2.35 bits per heavy atom. The molecule has 2 rings (SSSR count). The van der Waals surface area contributed by atoms with Gasteiger partial charge in [0, 0.05) is 11.9 Å². The van der Waals surface area contributed by atoms with Gasteiger partial charge in [0.2, 0.25) is 5.78 Å². The van der Waals surface area contributed by atoms with E-state index in [1.54, 1.807) is 6.92 Å². The van der Waals surface area contributed by atoms with Crippen molar-refractivity contribution in [1.29, 1.82) is 0 Å². The van der Waals surface area contributed by atoms with Crippen LogP contribution < -0.4 is 0 Å². The molecule has 6 nitrogen and oxygen atoms in total. The van der Waals surface area contributed by atoms with E-state index in [2.05, 4.69) is 4.98 Å². The van der Waals surface area contributed by atoms with Crippen LogP contribution >= 0.6 is 0 Å². The van der Waals surface area contributed by atoms with Crippen molar-refractivity contribution in [3.8, 4) is 0 Å². The van der Waals surface area contributed by atoms with E-state index in [1.165, 1.54) is 25.3 Å². The second-order valence-corrected chi connectivity index (χ2v) is 4.52. The van der Waals surface area contributed by atoms with Crippen molar-refractivity contribution in [2.75, 3.05) is 0 Å². The molecule has 0 bridgehead atoms. The van der Waals surface area contributed by atoms with Crippen molar-refractivity contribution in [3.63, 3.8) is 0 Å². The molecule has 1 aliphatic rings. The second-order valence-electron chi connectivity index (χ2n) is 4.52. The highest BCUT2D eigenvalue weighted by molar-refractivity contribution is 6.71. The van der Waals surface area contributed by atoms with Gasteiger partial charge in [-0.2, -0.15) is 0 Å². The van der Waals surface area contributed by atoms with E-state index in [4.69, 9.17) is 0 Å². The minimum absolute atomic E-state index is 0.253. The average Bonchev–Trinajstić information content (AvgIpc) is 2.47. The Bertz CT molecular complexity index is 687. The summed E-state index contributed by atoms with van der Waals surface area (Å²) in [7, 11) is 0. The van der Waals surface area contributed by atoms with E-state index < -0.39 is 34.8 Å². The molecule has 0 saturated heterocycles. The molecule has 0 aromatic carbocycles. The van der Waals surface area contributed by atoms with E-state index in [9.17, 15) is 24.3 Å². The highest BCUT2D eigenvalue weighted by Crippen LogP contribution is 2.26. The first-order valence-electron chi connectivity index (χ1n) is 5.88. The summed E-state index contributed by atoms with van der Waals surface area (Å²) in [5.74, 6) is -6.85. The van der Waals surface area contributed by atoms with Gasteiger partial charge in [-0.3, -0.25) is 24.2 Å². The topological polar surface area (TPSA) is 101 Å². The van der Waals surface area contributed by atoms with E-state index in [1.807, 2.05) is 0 Å². The van der Waals surface area contributed by atoms with Gasteiger partial charge in [-0.25, -0.2) is 0 Å². The molecule has 1 heterocycles. The van der Waals surface area contributed by atoms with E-state index >= 15 is 0 Å². The predicted octanol–water partition coefficient (Wildman–Crippen LogP) is 0.585. The van der Waals surface area contributed by atoms with Crippen molar-refractivity contribution >= 4 is 28.7 Å². The fraction of sp³-hybridized carbons (Fsp3) is 0.214. The Morgan fingerprint density at radius 2 is 1.75 bits per heavy atom. The van der Waals surface area contributed by atoms with Gasteiger partial charge in [-0.05, 0) is 31.5 Å². The molecular formula is C14H11NO5. The number of Topliss-reactive ketones (excluding diaryl/α,β-unsaturated/α-hetero) is 4. The number of aryl methyl sites for hydroxylation is 1. The molecule has 1 atom stereocenters. The smallest absolute Gasteiger partial charge is 0.273 e. The molecule has 1 aliphatic carbocycles. The molecule has 0 fully saturated rings. The van der Waals surface area contributed by atoms with Crippen molar-refractivity contribution in [3.05, 3.63) is 35.3 Å². The molecule has 0 spiro atoms. The fourth-order valence-electron chi connectivity index (χ4n) is 1.96. The highest BCUT2D eigenvalue weighted by atomic mass is 16.3. The molecule has 20 heavy (non-hydrogen) atoms. The van der Waals surface area contributed by atoms with Gasteiger partial charge in [0.15, 0.2) is 11.5 Å². The first-order chi connectivity index (χ1) is 9.34. The van der Waals surface area contributed by atoms with Crippen LogP contribution in [-0.2, 0) is 19.2 Å². The van der Waals surface area contributed by atoms with Crippen LogP contribution in [0, 0.1) is 12.8 Å². The lowest BCUT2D eigenvalue weighted by Gasteiger charge is -2.09. The van der Waals surface area contributed by atoms with Gasteiger partial charge >= 0.3 is 0 Å². The standard InChI is InChI=1S/C14H11NO5/c1-6-5-8(3-4-15-6)9-10(16)7(2)11(17)13(19)14(20)12(9)18/h3-5,7,18H,1-2H3. The number of nitrogens with zero attached hydrogens (tertiary/aromatic N) is 1. The summed E-state index contributed by atoms with van der Waals surface area (Å²) in [4.78, 5) is 50.9. The zero-order chi connectivity index (χ0) is 15.0. The maximum Gasteiger partial charge on any atom is 0.273 e. The number of rotatable bonds is 1. The van der Waals surface area contributed by atoms with Crippen LogP contribution in [0.2, 0.25) is 0 Å². The van der Waals surface area contributed by atoms with Gasteiger partial charge < -0.3 is 5.11 Å². The zero-order valence-corrected chi connectivity index (χ0v) is 10.8. The average molecular weight is 273 g/mol. The number of carbonyl (C=O) groups excluding carboxylic acids is 4. The lowest BCUT2D eigenvalue weighted by atomic mass is 9.92. The molecule has 0 radical (unpaired) electrons. The summed E-state index contributed by atoms with van der Waals surface area (Å²) < 4.78 is 0. The van der Waals surface area contributed by atoms with Crippen LogP contribution in [0.4, 0.5) is 0 Å². The number of aliphatic hydroxyl groups is 1. The molecule has 1 N–H and O–H groups in total. The number of carbonyl (C=O) groups is 4. The Balaban J connectivity index is 2.70. The van der Waals surface area contributed by atoms with Crippen molar-refractivity contribution in [2.24, 2.45) is 5.92 Å². The van der Waals surface area contributed by atoms with Gasteiger partial charge in [-0.1, -0.05) is 0 Å². The van der Waals surface area contributed by atoms with Crippen LogP contribution in [0.1, 0.15) is 18.2 Å². The van der Waals surface area contributed by atoms with Crippen molar-refractivity contribution in [2.45, 2.75) is 13.8 Å². The minimum atomic E-state index is -1.37. The Morgan fingerprint density at radius 1 is 1.10 bits per heavy atom. The molecule has 0 amide bonds. The number of ketones is 4. The lowest BCUT2D eigenvalue weighted by Crippen LogP contribution is -2.29. The Kier molecular flexibility index (Phi) is 3.31. The molecule has 0 saturated carbocycles. The van der Waals surface area contributed by atoms with Gasteiger partial charge in [0.25, 0.3) is 11.6 Å². The number of aromatic nitrogens is 1. The molecule has 1 aromatic heterocycles. The zero-order valence-electron chi connectivity index (χ0n) is 10.8. The summed E-state index contributed by atoms with van der Waals surface area (Å²) >= 11 is 0. The third-order valence-electron chi connectivity index (χ3n) is 3.10. The molecule has 102 valence electrons. The third-order valence-corrected chi connectivity index (χ3v) is 3.10. The first-order valence-corrected chi connectivity index (χ1v) is 5.88. The van der Waals surface area contributed by atoms with Crippen LogP contribution in [-0.4, -0.2) is 33.2 Å². The summed E-state index contributed by atoms with van der Waals surface area (Å²) in [5, 5.41) is 9.85. The van der Waals surface area contributed by atoms with Crippen molar-refractivity contribution < 1.29 is 24.3 Å². The largest absolute Gasteiger partial charge is 0.504 e. The SMILES string of the molecule is Cc1cc(C2=C(O)C(=O)C(=O)C(=O)C(C)C2=O)ccn1. The number of aliphatic hydroxyl groups excluding tert-OH is 1. The molecule has 1 unspecified atom stereocenters. The number of hydrogen-bond acceptors (Lipinski definition) is 6. The van der Waals surface area contributed by atoms with Gasteiger partial charge in [0.1, 0.15) is 0 Å². The van der Waals surface area contributed by atoms with E-state index in [-0.39, 0.29) is 11.1 Å². The highest BCUT2D eigenvalue weighted by Gasteiger charge is 2.41. The lowest BCUT2D eigenvalue weighted by molar-refractivity contribution is -0.145. The van der Waals surface area contributed by atoms with Gasteiger partial charge in [-0.15, -0.1) is 0 Å². The van der Waals surface area contributed by atoms with Crippen LogP contribution in [0.5, 0.6) is 0 Å². The van der Waals surface area contributed by atoms with Gasteiger partial charge in [0.05, 0.1) is 11.5 Å². The maximum absolute atomic E-state index is 12.2. The Hall–Kier alpha value is -2.63. The summed E-state index contributed by atoms with van der Waals surface area (Å²) in [6.45, 7) is 2.91. The molecule has 1 aromatic rings. The fourth-order valence-corrected chi connectivity index (χ4v) is 1.96. The summed E-state index contributed by atoms with van der Waals surface area (Å²) in [5.41, 5.74) is 0.507. The normalized spacial score (nSPS) is 20.4. The Labute approximate surface area is 114 Å². The van der Waals surface area contributed by atoms with Crippen LogP contribution in [0.3, 0.4) is 0 Å². The maximum atomic E-state index is 12.2. The number of allylic oxidation sites excluding steroid dienone is 2. The van der Waals surface area contributed by atoms with Crippen LogP contribution in [0.25, 0.3) is 5.57 Å². The molecular weight excluding hydrogens is 262 g/mol. The predicted molar refractivity (Wildman–Crippen MR) is 67.7 cm³/mol. The molecule has 0 aliphatic heterocycles. The monoisotopic (exact) mass is 273 g/mol. The van der Waals surface area contributed by atoms with Crippen LogP contribution in [0.15, 0.2) is 24.1 Å². The number of pyridine rings is 1. The number of hydrogen-bond donors (Lipinski definition) is 1. The van der Waals surface area contributed by atoms with E-state index in [0.29, 0.717) is 5.69 Å². The molecule has 6 heteroatoms. The second kappa shape index (κ2) is 4.80. The summed E-state index contributed by atoms with van der Waals surface area (Å²) in [6, 6.07) is 2.92. The summed E-state index contributed by atoms with van der Waals surface area (Å²) in [6.07, 6.45) is 1.40. The van der Waals surface area contributed by atoms with Crippen molar-refractivity contribution in [1.82, 2.24) is 4.98 Å². The quantitative estimate of drug-likeness (QED) is 0.593. The van der Waals surface area contributed by atoms with E-state index in [0.717, 1.165) is 0 Å². The first kappa shape index (κ1) is 13.8. The third kappa shape index (κ3) is 2.05.